The number of hydrogen-bond acceptors (Lipinski definition) is 3. The van der Waals surface area contributed by atoms with Gasteiger partial charge in [-0.15, -0.1) is 0 Å². The average molecular weight is 298 g/mol. The summed E-state index contributed by atoms with van der Waals surface area (Å²) in [5.74, 6) is 0.213. The molecule has 19 heavy (non-hydrogen) atoms. The van der Waals surface area contributed by atoms with Crippen LogP contribution in [0, 0.1) is 5.92 Å². The van der Waals surface area contributed by atoms with Gasteiger partial charge in [-0.2, -0.15) is 0 Å². The lowest BCUT2D eigenvalue weighted by Gasteiger charge is -2.27. The highest BCUT2D eigenvalue weighted by atomic mass is 32.2. The first-order chi connectivity index (χ1) is 8.64. The highest BCUT2D eigenvalue weighted by Crippen LogP contribution is 2.54. The van der Waals surface area contributed by atoms with Crippen LogP contribution in [-0.4, -0.2) is 27.2 Å². The maximum absolute atomic E-state index is 13.0. The summed E-state index contributed by atoms with van der Waals surface area (Å²) in [6.07, 6.45) is -0.177. The minimum absolute atomic E-state index is 0.177. The van der Waals surface area contributed by atoms with E-state index < -0.39 is 22.5 Å². The molecule has 1 fully saturated rings. The van der Waals surface area contributed by atoms with E-state index >= 15 is 0 Å². The third-order valence-electron chi connectivity index (χ3n) is 3.72. The zero-order valence-electron chi connectivity index (χ0n) is 12.2. The average Bonchev–Trinajstić information content (AvgIpc) is 3.06. The quantitative estimate of drug-likeness (QED) is 0.634. The fourth-order valence-corrected chi connectivity index (χ4v) is 9.65. The molecule has 1 aliphatic heterocycles. The van der Waals surface area contributed by atoms with Crippen LogP contribution in [0.15, 0.2) is 35.2 Å². The Balaban J connectivity index is 2.54. The van der Waals surface area contributed by atoms with Crippen LogP contribution in [0.4, 0.5) is 0 Å². The van der Waals surface area contributed by atoms with Crippen LogP contribution in [0.2, 0.25) is 19.6 Å². The van der Waals surface area contributed by atoms with E-state index in [-0.39, 0.29) is 12.0 Å². The third kappa shape index (κ3) is 2.08. The van der Waals surface area contributed by atoms with Gasteiger partial charge < -0.3 is 4.74 Å². The molecule has 5 heteroatoms. The molecule has 0 amide bonds. The Hall–Kier alpha value is -0.653. The maximum Gasteiger partial charge on any atom is 0.207 e. The topological polar surface area (TPSA) is 46.7 Å². The number of hydrogen-bond donors (Lipinski definition) is 0. The summed E-state index contributed by atoms with van der Waals surface area (Å²) in [5.41, 5.74) is 0. The molecule has 1 aromatic rings. The van der Waals surface area contributed by atoms with Crippen molar-refractivity contribution >= 4 is 17.9 Å². The third-order valence-corrected chi connectivity index (χ3v) is 10.9. The molecule has 1 saturated heterocycles. The zero-order chi connectivity index (χ0) is 14.5. The number of epoxide rings is 1. The van der Waals surface area contributed by atoms with Crippen molar-refractivity contribution in [2.75, 3.05) is 0 Å². The number of sulfone groups is 1. The van der Waals surface area contributed by atoms with Crippen LogP contribution in [0.25, 0.3) is 0 Å². The van der Waals surface area contributed by atoms with Crippen molar-refractivity contribution in [1.29, 1.82) is 0 Å². The summed E-state index contributed by atoms with van der Waals surface area (Å²) in [5, 5.41) is 0. The molecule has 0 aliphatic carbocycles. The lowest BCUT2D eigenvalue weighted by molar-refractivity contribution is 0.338. The maximum atomic E-state index is 13.0. The number of ether oxygens (including phenoxy) is 1. The van der Waals surface area contributed by atoms with Gasteiger partial charge in [0.25, 0.3) is 0 Å². The molecule has 0 bridgehead atoms. The molecule has 1 aromatic carbocycles. The molecule has 0 unspecified atom stereocenters. The molecule has 0 radical (unpaired) electrons. The van der Waals surface area contributed by atoms with Crippen LogP contribution < -0.4 is 0 Å². The van der Waals surface area contributed by atoms with Gasteiger partial charge in [-0.1, -0.05) is 51.7 Å². The summed E-state index contributed by atoms with van der Waals surface area (Å²) in [4.78, 5) is 0.376. The van der Waals surface area contributed by atoms with E-state index in [0.717, 1.165) is 0 Å². The Kier molecular flexibility index (Phi) is 3.44. The molecule has 2 atom stereocenters. The molecule has 1 heterocycles. The van der Waals surface area contributed by atoms with Crippen molar-refractivity contribution in [2.24, 2.45) is 5.92 Å². The number of benzene rings is 1. The highest BCUT2D eigenvalue weighted by Gasteiger charge is 2.73. The predicted molar refractivity (Wildman–Crippen MR) is 79.4 cm³/mol. The van der Waals surface area contributed by atoms with Gasteiger partial charge in [-0.05, 0) is 18.1 Å². The Morgan fingerprint density at radius 3 is 2.05 bits per heavy atom. The predicted octanol–water partition coefficient (Wildman–Crippen LogP) is 3.09. The van der Waals surface area contributed by atoms with Crippen LogP contribution in [-0.2, 0) is 14.6 Å². The van der Waals surface area contributed by atoms with Gasteiger partial charge in [-0.25, -0.2) is 8.42 Å². The van der Waals surface area contributed by atoms with E-state index in [2.05, 4.69) is 19.6 Å². The van der Waals surface area contributed by atoms with Crippen LogP contribution in [0.5, 0.6) is 0 Å². The molecule has 1 aliphatic rings. The van der Waals surface area contributed by atoms with Gasteiger partial charge >= 0.3 is 0 Å². The Morgan fingerprint density at radius 2 is 1.68 bits per heavy atom. The van der Waals surface area contributed by atoms with Crippen molar-refractivity contribution < 1.29 is 13.2 Å². The summed E-state index contributed by atoms with van der Waals surface area (Å²) in [7, 11) is -5.47. The van der Waals surface area contributed by atoms with Gasteiger partial charge in [0.05, 0.1) is 4.90 Å². The Bertz CT molecular complexity index is 560. The molecular formula is C14H22O3SSi. The SMILES string of the molecule is CC(C)[C@H]1O[C@]1([Si](C)(C)C)S(=O)(=O)c1ccccc1. The normalized spacial score (nSPS) is 27.6. The minimum atomic E-state index is -3.44. The van der Waals surface area contributed by atoms with Gasteiger partial charge in [-0.3, -0.25) is 0 Å². The lowest BCUT2D eigenvalue weighted by atomic mass is 10.1. The fraction of sp³-hybridized carbons (Fsp3) is 0.571. The second-order valence-corrected chi connectivity index (χ2v) is 14.2. The van der Waals surface area contributed by atoms with Crippen molar-refractivity contribution in [3.05, 3.63) is 30.3 Å². The van der Waals surface area contributed by atoms with Crippen LogP contribution in [0.3, 0.4) is 0 Å². The number of rotatable bonds is 4. The van der Waals surface area contributed by atoms with Gasteiger partial charge in [0, 0.05) is 0 Å². The first-order valence-electron chi connectivity index (χ1n) is 6.62. The van der Waals surface area contributed by atoms with E-state index in [1.54, 1.807) is 24.3 Å². The van der Waals surface area contributed by atoms with Crippen molar-refractivity contribution in [3.63, 3.8) is 0 Å². The molecule has 106 valence electrons. The Morgan fingerprint density at radius 1 is 1.16 bits per heavy atom. The standard InChI is InChI=1S/C14H22O3SSi/c1-11(2)13-14(17-13,19(3,4)5)18(15,16)12-9-7-6-8-10-12/h6-11,13H,1-5H3/t13-,14+/m1/s1. The Labute approximate surface area is 116 Å². The highest BCUT2D eigenvalue weighted by molar-refractivity contribution is 7.95. The molecule has 2 rings (SSSR count). The molecule has 0 N–H and O–H groups in total. The van der Waals surface area contributed by atoms with Gasteiger partial charge in [0.1, 0.15) is 14.2 Å². The molecule has 0 spiro atoms. The monoisotopic (exact) mass is 298 g/mol. The summed E-state index contributed by atoms with van der Waals surface area (Å²) in [6, 6.07) is 8.68. The summed E-state index contributed by atoms with van der Waals surface area (Å²) < 4.78 is 30.8. The molecule has 0 aromatic heterocycles. The summed E-state index contributed by atoms with van der Waals surface area (Å²) in [6.45, 7) is 10.2. The second-order valence-electron chi connectivity index (χ2n) is 6.52. The second kappa shape index (κ2) is 4.43. The van der Waals surface area contributed by atoms with Crippen LogP contribution in [0.1, 0.15) is 13.8 Å². The van der Waals surface area contributed by atoms with E-state index in [0.29, 0.717) is 4.90 Å². The first kappa shape index (κ1) is 14.7. The van der Waals surface area contributed by atoms with Gasteiger partial charge in [0.15, 0.2) is 4.56 Å². The summed E-state index contributed by atoms with van der Waals surface area (Å²) >= 11 is 0. The molecule has 0 saturated carbocycles. The van der Waals surface area contributed by atoms with E-state index in [4.69, 9.17) is 4.74 Å². The van der Waals surface area contributed by atoms with E-state index in [9.17, 15) is 8.42 Å². The molecular weight excluding hydrogens is 276 g/mol. The van der Waals surface area contributed by atoms with Crippen molar-refractivity contribution in [1.82, 2.24) is 0 Å². The smallest absolute Gasteiger partial charge is 0.207 e. The zero-order valence-corrected chi connectivity index (χ0v) is 14.0. The minimum Gasteiger partial charge on any atom is -0.353 e. The van der Waals surface area contributed by atoms with E-state index in [1.165, 1.54) is 0 Å². The lowest BCUT2D eigenvalue weighted by Crippen LogP contribution is -2.50. The fourth-order valence-electron chi connectivity index (χ4n) is 2.73. The van der Waals surface area contributed by atoms with Crippen LogP contribution >= 0.6 is 0 Å². The van der Waals surface area contributed by atoms with E-state index in [1.807, 2.05) is 19.9 Å². The molecule has 3 nitrogen and oxygen atoms in total. The van der Waals surface area contributed by atoms with Crippen molar-refractivity contribution in [2.45, 2.75) is 49.0 Å². The first-order valence-corrected chi connectivity index (χ1v) is 11.6. The largest absolute Gasteiger partial charge is 0.353 e. The van der Waals surface area contributed by atoms with Crippen molar-refractivity contribution in [3.8, 4) is 0 Å². The van der Waals surface area contributed by atoms with Gasteiger partial charge in [0.2, 0.25) is 9.84 Å².